The van der Waals surface area contributed by atoms with Gasteiger partial charge in [-0.3, -0.25) is 4.90 Å². The van der Waals surface area contributed by atoms with E-state index in [1.807, 2.05) is 19.1 Å². The second-order valence-electron chi connectivity index (χ2n) is 6.36. The van der Waals surface area contributed by atoms with Gasteiger partial charge in [-0.15, -0.1) is 10.2 Å². The fraction of sp³-hybridized carbons (Fsp3) is 0.556. The largest absolute Gasteiger partial charge is 0.496 e. The minimum absolute atomic E-state index is 0.522. The predicted octanol–water partition coefficient (Wildman–Crippen LogP) is 2.06. The molecule has 0 bridgehead atoms. The number of aryl methyl sites for hydroxylation is 1. The number of aliphatic hydroxyl groups is 1. The van der Waals surface area contributed by atoms with Gasteiger partial charge >= 0.3 is 0 Å². The summed E-state index contributed by atoms with van der Waals surface area (Å²) in [7, 11) is 3.27. The van der Waals surface area contributed by atoms with Crippen molar-refractivity contribution in [3.8, 4) is 11.5 Å². The van der Waals surface area contributed by atoms with Gasteiger partial charge in [0, 0.05) is 30.8 Å². The fourth-order valence-electron chi connectivity index (χ4n) is 3.52. The van der Waals surface area contributed by atoms with E-state index >= 15 is 0 Å². The lowest BCUT2D eigenvalue weighted by Crippen LogP contribution is -2.34. The first-order chi connectivity index (χ1) is 12.1. The quantitative estimate of drug-likeness (QED) is 0.863. The Kier molecular flexibility index (Phi) is 5.24. The van der Waals surface area contributed by atoms with E-state index in [2.05, 4.69) is 26.6 Å². The molecule has 0 fully saturated rings. The first kappa shape index (κ1) is 17.7. The molecule has 2 aromatic rings. The highest BCUT2D eigenvalue weighted by atomic mass is 16.5. The molecule has 0 aliphatic carbocycles. The van der Waals surface area contributed by atoms with E-state index in [-0.39, 0.29) is 0 Å². The molecule has 7 heteroatoms. The lowest BCUT2D eigenvalue weighted by atomic mass is 9.95. The molecular formula is C18H26N4O3. The average Bonchev–Trinajstić information content (AvgIpc) is 2.94. The zero-order valence-corrected chi connectivity index (χ0v) is 15.3. The first-order valence-electron chi connectivity index (χ1n) is 8.61. The fourth-order valence-corrected chi connectivity index (χ4v) is 3.52. The lowest BCUT2D eigenvalue weighted by Gasteiger charge is -2.33. The highest BCUT2D eigenvalue weighted by molar-refractivity contribution is 5.51. The molecule has 1 N–H and O–H groups in total. The van der Waals surface area contributed by atoms with Crippen molar-refractivity contribution in [2.45, 2.75) is 46.0 Å². The minimum Gasteiger partial charge on any atom is -0.496 e. The van der Waals surface area contributed by atoms with E-state index in [4.69, 9.17) is 9.47 Å². The van der Waals surface area contributed by atoms with Gasteiger partial charge in [-0.1, -0.05) is 6.92 Å². The summed E-state index contributed by atoms with van der Waals surface area (Å²) in [6.07, 6.45) is 0.403. The van der Waals surface area contributed by atoms with Gasteiger partial charge in [-0.2, -0.15) is 0 Å². The van der Waals surface area contributed by atoms with Gasteiger partial charge in [0.25, 0.3) is 0 Å². The van der Waals surface area contributed by atoms with Crippen LogP contribution in [0.4, 0.5) is 0 Å². The van der Waals surface area contributed by atoms with Crippen LogP contribution in [0.5, 0.6) is 11.5 Å². The molecule has 25 heavy (non-hydrogen) atoms. The van der Waals surface area contributed by atoms with Crippen LogP contribution in [-0.2, 0) is 19.6 Å². The summed E-state index contributed by atoms with van der Waals surface area (Å²) in [4.78, 5) is 2.17. The number of nitrogens with zero attached hydrogens (tertiary/aromatic N) is 4. The van der Waals surface area contributed by atoms with Crippen LogP contribution in [0.15, 0.2) is 12.1 Å². The van der Waals surface area contributed by atoms with Crippen molar-refractivity contribution in [3.63, 3.8) is 0 Å². The molecular weight excluding hydrogens is 320 g/mol. The molecule has 3 rings (SSSR count). The Morgan fingerprint density at radius 2 is 1.92 bits per heavy atom. The molecule has 1 aromatic carbocycles. The summed E-state index contributed by atoms with van der Waals surface area (Å²) in [5.41, 5.74) is 1.79. The van der Waals surface area contributed by atoms with Crippen LogP contribution in [0.2, 0.25) is 0 Å². The van der Waals surface area contributed by atoms with Gasteiger partial charge < -0.3 is 19.1 Å². The van der Waals surface area contributed by atoms with Crippen LogP contribution in [0.1, 0.15) is 42.2 Å². The van der Waals surface area contributed by atoms with Crippen LogP contribution in [-0.4, -0.2) is 45.5 Å². The molecule has 136 valence electrons. The van der Waals surface area contributed by atoms with Gasteiger partial charge in [0.05, 0.1) is 26.9 Å². The van der Waals surface area contributed by atoms with Crippen molar-refractivity contribution in [2.75, 3.05) is 20.8 Å². The minimum atomic E-state index is -0.627. The maximum absolute atomic E-state index is 10.7. The summed E-state index contributed by atoms with van der Waals surface area (Å²) < 4.78 is 13.1. The molecule has 1 atom stereocenters. The summed E-state index contributed by atoms with van der Waals surface area (Å²) in [6.45, 7) is 6.84. The Labute approximate surface area is 148 Å². The summed E-state index contributed by atoms with van der Waals surface area (Å²) >= 11 is 0. The first-order valence-corrected chi connectivity index (χ1v) is 8.61. The van der Waals surface area contributed by atoms with Crippen LogP contribution in [0.3, 0.4) is 0 Å². The number of methoxy groups -OCH3 is 2. The number of fused-ring (bicyclic) bond motifs is 1. The third-order valence-electron chi connectivity index (χ3n) is 4.68. The Morgan fingerprint density at radius 1 is 1.20 bits per heavy atom. The number of rotatable bonds is 6. The van der Waals surface area contributed by atoms with Crippen LogP contribution >= 0.6 is 0 Å². The van der Waals surface area contributed by atoms with Gasteiger partial charge in [0.1, 0.15) is 23.1 Å². The number of β-amino-alcohol motifs (C(OH)–C–C–N with tert-alkyl or cyclic N) is 1. The van der Waals surface area contributed by atoms with Gasteiger partial charge in [-0.25, -0.2) is 0 Å². The van der Waals surface area contributed by atoms with E-state index in [0.717, 1.165) is 41.5 Å². The highest BCUT2D eigenvalue weighted by Gasteiger charge is 2.30. The lowest BCUT2D eigenvalue weighted by molar-refractivity contribution is 0.0820. The third kappa shape index (κ3) is 3.34. The molecule has 0 radical (unpaired) electrons. The molecule has 0 saturated carbocycles. The van der Waals surface area contributed by atoms with E-state index in [0.29, 0.717) is 25.4 Å². The normalized spacial score (nSPS) is 17.4. The van der Waals surface area contributed by atoms with Crippen LogP contribution < -0.4 is 9.47 Å². The van der Waals surface area contributed by atoms with Gasteiger partial charge in [-0.05, 0) is 25.5 Å². The van der Waals surface area contributed by atoms with E-state index in [9.17, 15) is 5.11 Å². The van der Waals surface area contributed by atoms with Crippen molar-refractivity contribution < 1.29 is 14.6 Å². The number of aliphatic hydroxyl groups excluding tert-OH is 1. The van der Waals surface area contributed by atoms with Crippen molar-refractivity contribution in [3.05, 3.63) is 34.9 Å². The third-order valence-corrected chi connectivity index (χ3v) is 4.68. The molecule has 0 amide bonds. The van der Waals surface area contributed by atoms with Crippen LogP contribution in [0.25, 0.3) is 0 Å². The van der Waals surface area contributed by atoms with Gasteiger partial charge in [0.15, 0.2) is 0 Å². The predicted molar refractivity (Wildman–Crippen MR) is 93.7 cm³/mol. The Morgan fingerprint density at radius 3 is 2.60 bits per heavy atom. The highest BCUT2D eigenvalue weighted by Crippen LogP contribution is 2.39. The number of aromatic nitrogens is 3. The van der Waals surface area contributed by atoms with E-state index < -0.39 is 6.10 Å². The SMILES string of the molecule is CCCn1c(C)nnc1CN1Cc2c(OC)ccc(OC)c2C(O)C1. The maximum Gasteiger partial charge on any atom is 0.147 e. The summed E-state index contributed by atoms with van der Waals surface area (Å²) in [5.74, 6) is 3.32. The number of ether oxygens (including phenoxy) is 2. The van der Waals surface area contributed by atoms with Crippen molar-refractivity contribution >= 4 is 0 Å². The Hall–Kier alpha value is -2.12. The Bertz CT molecular complexity index is 744. The topological polar surface area (TPSA) is 72.6 Å². The Balaban J connectivity index is 1.89. The monoisotopic (exact) mass is 346 g/mol. The van der Waals surface area contributed by atoms with E-state index in [1.54, 1.807) is 14.2 Å². The number of hydrogen-bond donors (Lipinski definition) is 1. The smallest absolute Gasteiger partial charge is 0.147 e. The van der Waals surface area contributed by atoms with Crippen molar-refractivity contribution in [1.82, 2.24) is 19.7 Å². The molecule has 7 nitrogen and oxygen atoms in total. The number of hydrogen-bond acceptors (Lipinski definition) is 6. The summed E-state index contributed by atoms with van der Waals surface area (Å²) in [5, 5.41) is 19.2. The number of benzene rings is 1. The average molecular weight is 346 g/mol. The molecule has 2 heterocycles. The standard InChI is InChI=1S/C18H26N4O3/c1-5-8-22-12(2)19-20-17(22)11-21-9-13-15(24-3)6-7-16(25-4)18(13)14(23)10-21/h6-7,14,23H,5,8-11H2,1-4H3. The molecule has 0 saturated heterocycles. The molecule has 1 aromatic heterocycles. The summed E-state index contributed by atoms with van der Waals surface area (Å²) in [6, 6.07) is 3.73. The molecule has 0 spiro atoms. The van der Waals surface area contributed by atoms with Crippen molar-refractivity contribution in [1.29, 1.82) is 0 Å². The second-order valence-corrected chi connectivity index (χ2v) is 6.36. The zero-order valence-electron chi connectivity index (χ0n) is 15.3. The van der Waals surface area contributed by atoms with Gasteiger partial charge in [0.2, 0.25) is 0 Å². The molecule has 1 unspecified atom stereocenters. The maximum atomic E-state index is 10.7. The van der Waals surface area contributed by atoms with Crippen molar-refractivity contribution in [2.24, 2.45) is 0 Å². The van der Waals surface area contributed by atoms with E-state index in [1.165, 1.54) is 0 Å². The van der Waals surface area contributed by atoms with Crippen LogP contribution in [0, 0.1) is 6.92 Å². The molecule has 1 aliphatic rings. The second kappa shape index (κ2) is 7.41. The molecule has 1 aliphatic heterocycles. The zero-order chi connectivity index (χ0) is 18.0.